The molecule has 3 N–H and O–H groups in total. The van der Waals surface area contributed by atoms with Gasteiger partial charge in [-0.15, -0.1) is 0 Å². The zero-order chi connectivity index (χ0) is 17.3. The van der Waals surface area contributed by atoms with Crippen molar-refractivity contribution < 1.29 is 9.18 Å². The van der Waals surface area contributed by atoms with Gasteiger partial charge in [-0.2, -0.15) is 0 Å². The minimum absolute atomic E-state index is 0.0621. The predicted octanol–water partition coefficient (Wildman–Crippen LogP) is 1.84. The second kappa shape index (κ2) is 9.12. The van der Waals surface area contributed by atoms with Gasteiger partial charge < -0.3 is 16.0 Å². The lowest BCUT2D eigenvalue weighted by atomic mass is 10.1. The maximum atomic E-state index is 13.1. The van der Waals surface area contributed by atoms with Crippen LogP contribution in [0.25, 0.3) is 0 Å². The molecule has 0 atom stereocenters. The molecule has 0 aliphatic carbocycles. The van der Waals surface area contributed by atoms with Crippen molar-refractivity contribution in [2.75, 3.05) is 19.6 Å². The number of carbonyl (C=O) groups excluding carboxylic acids is 1. The van der Waals surface area contributed by atoms with Crippen molar-refractivity contribution in [3.8, 4) is 0 Å². The molecule has 0 heterocycles. The molecule has 0 fully saturated rings. The Kier molecular flexibility index (Phi) is 7.51. The molecule has 0 spiro atoms. The molecule has 0 aliphatic rings. The molecule has 0 radical (unpaired) electrons. The summed E-state index contributed by atoms with van der Waals surface area (Å²) in [6.07, 6.45) is 0.677. The number of benzene rings is 1. The highest BCUT2D eigenvalue weighted by atomic mass is 19.1. The number of nitrogens with one attached hydrogen (secondary N) is 3. The first-order chi connectivity index (χ1) is 10.8. The monoisotopic (exact) mass is 322 g/mol. The smallest absolute Gasteiger partial charge is 0.242 e. The third kappa shape index (κ3) is 8.80. The summed E-state index contributed by atoms with van der Waals surface area (Å²) >= 11 is 0. The number of carbonyl (C=O) groups is 1. The molecule has 1 aromatic rings. The van der Waals surface area contributed by atoms with Crippen molar-refractivity contribution in [2.24, 2.45) is 4.99 Å². The summed E-state index contributed by atoms with van der Waals surface area (Å²) in [6, 6.07) is 6.52. The number of amides is 1. The van der Waals surface area contributed by atoms with E-state index in [0.29, 0.717) is 25.5 Å². The summed E-state index contributed by atoms with van der Waals surface area (Å²) in [5, 5.41) is 9.09. The van der Waals surface area contributed by atoms with Crippen molar-refractivity contribution in [1.82, 2.24) is 16.0 Å². The van der Waals surface area contributed by atoms with Gasteiger partial charge in [-0.3, -0.25) is 4.79 Å². The first-order valence-corrected chi connectivity index (χ1v) is 7.88. The Morgan fingerprint density at radius 1 is 1.26 bits per heavy atom. The van der Waals surface area contributed by atoms with Crippen molar-refractivity contribution in [3.05, 3.63) is 35.6 Å². The lowest BCUT2D eigenvalue weighted by molar-refractivity contribution is -0.121. The Labute approximate surface area is 137 Å². The van der Waals surface area contributed by atoms with Gasteiger partial charge in [0.2, 0.25) is 5.91 Å². The zero-order valence-corrected chi connectivity index (χ0v) is 14.4. The summed E-state index contributed by atoms with van der Waals surface area (Å²) in [4.78, 5) is 16.0. The van der Waals surface area contributed by atoms with Gasteiger partial charge in [-0.05, 0) is 51.8 Å². The van der Waals surface area contributed by atoms with E-state index >= 15 is 0 Å². The van der Waals surface area contributed by atoms with Gasteiger partial charge in [0.25, 0.3) is 0 Å². The molecule has 6 heteroatoms. The summed E-state index contributed by atoms with van der Waals surface area (Å²) in [5.74, 6) is 0.217. The highest BCUT2D eigenvalue weighted by molar-refractivity contribution is 5.85. The molecule has 128 valence electrons. The zero-order valence-electron chi connectivity index (χ0n) is 14.4. The van der Waals surface area contributed by atoms with Crippen molar-refractivity contribution >= 4 is 11.9 Å². The average Bonchev–Trinajstić information content (AvgIpc) is 2.43. The normalized spacial score (nSPS) is 12.0. The van der Waals surface area contributed by atoms with E-state index in [-0.39, 0.29) is 23.8 Å². The maximum Gasteiger partial charge on any atom is 0.242 e. The van der Waals surface area contributed by atoms with Crippen molar-refractivity contribution in [3.63, 3.8) is 0 Å². The molecule has 0 aliphatic heterocycles. The number of aliphatic imine (C=N–C) groups is 1. The highest BCUT2D eigenvalue weighted by Gasteiger charge is 2.13. The Morgan fingerprint density at radius 3 is 2.61 bits per heavy atom. The second-order valence-electron chi connectivity index (χ2n) is 6.30. The van der Waals surface area contributed by atoms with Crippen LogP contribution in [0, 0.1) is 5.82 Å². The molecule has 1 aromatic carbocycles. The summed E-state index contributed by atoms with van der Waals surface area (Å²) < 4.78 is 13.1. The van der Waals surface area contributed by atoms with Crippen LogP contribution in [0.3, 0.4) is 0 Å². The number of halogens is 1. The van der Waals surface area contributed by atoms with Crippen LogP contribution in [-0.2, 0) is 11.2 Å². The SMILES string of the molecule is CCNC(=NCC(=O)NC(C)(C)C)NCCc1cccc(F)c1. The first-order valence-electron chi connectivity index (χ1n) is 7.88. The van der Waals surface area contributed by atoms with Gasteiger partial charge >= 0.3 is 0 Å². The lowest BCUT2D eigenvalue weighted by Crippen LogP contribution is -2.43. The third-order valence-electron chi connectivity index (χ3n) is 2.83. The minimum atomic E-state index is -0.268. The number of hydrogen-bond donors (Lipinski definition) is 3. The van der Waals surface area contributed by atoms with Gasteiger partial charge in [0.15, 0.2) is 5.96 Å². The second-order valence-corrected chi connectivity index (χ2v) is 6.30. The molecule has 0 bridgehead atoms. The number of guanidine groups is 1. The van der Waals surface area contributed by atoms with Crippen LogP contribution >= 0.6 is 0 Å². The fourth-order valence-corrected chi connectivity index (χ4v) is 1.97. The Morgan fingerprint density at radius 2 is 2.00 bits per heavy atom. The Hall–Kier alpha value is -2.11. The predicted molar refractivity (Wildman–Crippen MR) is 92.0 cm³/mol. The minimum Gasteiger partial charge on any atom is -0.357 e. The molecule has 5 nitrogen and oxygen atoms in total. The van der Waals surface area contributed by atoms with Crippen molar-refractivity contribution in [2.45, 2.75) is 39.7 Å². The van der Waals surface area contributed by atoms with E-state index in [1.807, 2.05) is 33.8 Å². The largest absolute Gasteiger partial charge is 0.357 e. The lowest BCUT2D eigenvalue weighted by Gasteiger charge is -2.20. The van der Waals surface area contributed by atoms with Crippen LogP contribution in [-0.4, -0.2) is 37.0 Å². The Bertz CT molecular complexity index is 538. The van der Waals surface area contributed by atoms with Gasteiger partial charge in [-0.25, -0.2) is 9.38 Å². The van der Waals surface area contributed by atoms with Gasteiger partial charge in [-0.1, -0.05) is 12.1 Å². The van der Waals surface area contributed by atoms with Crippen LogP contribution < -0.4 is 16.0 Å². The topological polar surface area (TPSA) is 65.5 Å². The first kappa shape index (κ1) is 18.9. The van der Waals surface area contributed by atoms with E-state index in [4.69, 9.17) is 0 Å². The van der Waals surface area contributed by atoms with Crippen LogP contribution in [0.5, 0.6) is 0 Å². The molecule has 0 aromatic heterocycles. The van der Waals surface area contributed by atoms with Gasteiger partial charge in [0.05, 0.1) is 0 Å². The molecular weight excluding hydrogens is 295 g/mol. The third-order valence-corrected chi connectivity index (χ3v) is 2.83. The van der Waals surface area contributed by atoms with E-state index < -0.39 is 0 Å². The van der Waals surface area contributed by atoms with Gasteiger partial charge in [0.1, 0.15) is 12.4 Å². The molecule has 1 rings (SSSR count). The fraction of sp³-hybridized carbons (Fsp3) is 0.529. The number of nitrogens with zero attached hydrogens (tertiary/aromatic N) is 1. The van der Waals surface area contributed by atoms with E-state index in [1.54, 1.807) is 6.07 Å². The molecule has 1 amide bonds. The van der Waals surface area contributed by atoms with E-state index in [0.717, 1.165) is 5.56 Å². The van der Waals surface area contributed by atoms with Crippen LogP contribution in [0.4, 0.5) is 4.39 Å². The van der Waals surface area contributed by atoms with E-state index in [2.05, 4.69) is 20.9 Å². The average molecular weight is 322 g/mol. The summed E-state index contributed by atoms with van der Waals surface area (Å²) in [5.41, 5.74) is 0.647. The molecule has 0 saturated heterocycles. The summed E-state index contributed by atoms with van der Waals surface area (Å²) in [6.45, 7) is 9.11. The van der Waals surface area contributed by atoms with Crippen LogP contribution in [0.1, 0.15) is 33.3 Å². The van der Waals surface area contributed by atoms with Gasteiger partial charge in [0, 0.05) is 18.6 Å². The van der Waals surface area contributed by atoms with E-state index in [1.165, 1.54) is 12.1 Å². The standard InChI is InChI=1S/C17H27FN4O/c1-5-19-16(21-12-15(23)22-17(2,3)4)20-10-9-13-7-6-8-14(18)11-13/h6-8,11H,5,9-10,12H2,1-4H3,(H,22,23)(H2,19,20,21). The van der Waals surface area contributed by atoms with Crippen LogP contribution in [0.2, 0.25) is 0 Å². The van der Waals surface area contributed by atoms with E-state index in [9.17, 15) is 9.18 Å². The quantitative estimate of drug-likeness (QED) is 0.553. The molecule has 23 heavy (non-hydrogen) atoms. The number of hydrogen-bond acceptors (Lipinski definition) is 2. The number of rotatable bonds is 6. The molecule has 0 unspecified atom stereocenters. The highest BCUT2D eigenvalue weighted by Crippen LogP contribution is 2.03. The van der Waals surface area contributed by atoms with Crippen LogP contribution in [0.15, 0.2) is 29.3 Å². The van der Waals surface area contributed by atoms with Crippen molar-refractivity contribution in [1.29, 1.82) is 0 Å². The molecular formula is C17H27FN4O. The molecule has 0 saturated carbocycles. The fourth-order valence-electron chi connectivity index (χ4n) is 1.97. The summed E-state index contributed by atoms with van der Waals surface area (Å²) in [7, 11) is 0. The maximum absolute atomic E-state index is 13.1. The Balaban J connectivity index is 2.47.